The lowest BCUT2D eigenvalue weighted by molar-refractivity contribution is -0.234. The van der Waals surface area contributed by atoms with Crippen LogP contribution >= 0.6 is 7.82 Å². The molecule has 0 aliphatic carbocycles. The highest BCUT2D eigenvalue weighted by molar-refractivity contribution is 7.47. The summed E-state index contributed by atoms with van der Waals surface area (Å²) in [6.07, 6.45) is 20.0. The Labute approximate surface area is 205 Å². The normalized spacial score (nSPS) is 13.0. The lowest BCUT2D eigenvalue weighted by Gasteiger charge is -2.11. The molecule has 0 amide bonds. The van der Waals surface area contributed by atoms with E-state index in [-0.39, 0.29) is 18.8 Å². The number of unbranched alkanes of at least 4 members (excludes halogenated alkanes) is 15. The van der Waals surface area contributed by atoms with Gasteiger partial charge in [0, 0.05) is 0 Å². The highest BCUT2D eigenvalue weighted by Gasteiger charge is 2.22. The first kappa shape index (κ1) is 30.7. The largest absolute Gasteiger partial charge is 0.499 e. The van der Waals surface area contributed by atoms with Crippen molar-refractivity contribution < 1.29 is 27.9 Å². The minimum absolute atomic E-state index is 0.105. The van der Waals surface area contributed by atoms with Crippen molar-refractivity contribution >= 4 is 7.82 Å². The number of phosphoric ester groups is 1. The molecule has 1 unspecified atom stereocenters. The average molecular weight is 500 g/mol. The Bertz CT molecular complexity index is 740. The van der Waals surface area contributed by atoms with Gasteiger partial charge in [-0.05, 0) is 30.2 Å². The molecule has 1 N–H and O–H groups in total. The molecular weight excluding hydrogens is 456 g/mol. The lowest BCUT2D eigenvalue weighted by Crippen LogP contribution is -2.00. The van der Waals surface area contributed by atoms with Crippen LogP contribution in [0.3, 0.4) is 0 Å². The summed E-state index contributed by atoms with van der Waals surface area (Å²) in [7, 11) is -4.33. The highest BCUT2D eigenvalue weighted by atomic mass is 31.2. The monoisotopic (exact) mass is 499 g/mol. The molecule has 0 radical (unpaired) electrons. The first-order chi connectivity index (χ1) is 16.5. The van der Waals surface area contributed by atoms with Gasteiger partial charge in [-0.3, -0.25) is 4.52 Å². The van der Waals surface area contributed by atoms with Crippen molar-refractivity contribution in [1.29, 1.82) is 5.26 Å². The quantitative estimate of drug-likeness (QED) is 0.0744. The summed E-state index contributed by atoms with van der Waals surface area (Å²) in [5.41, 5.74) is 0.444. The minimum atomic E-state index is -4.33. The zero-order valence-electron chi connectivity index (χ0n) is 20.8. The van der Waals surface area contributed by atoms with Crippen LogP contribution in [-0.2, 0) is 25.3 Å². The third kappa shape index (κ3) is 17.2. The molecule has 6 nitrogen and oxygen atoms in total. The number of phosphoric acid groups is 1. The highest BCUT2D eigenvalue weighted by Crippen LogP contribution is 2.43. The third-order valence-electron chi connectivity index (χ3n) is 5.71. The van der Waals surface area contributed by atoms with Gasteiger partial charge in [-0.15, -0.1) is 4.67 Å². The van der Waals surface area contributed by atoms with Crippen molar-refractivity contribution in [2.75, 3.05) is 6.61 Å². The van der Waals surface area contributed by atoms with Gasteiger partial charge >= 0.3 is 7.82 Å². The summed E-state index contributed by atoms with van der Waals surface area (Å²) in [4.78, 5) is 14.3. The molecule has 0 aliphatic rings. The van der Waals surface area contributed by atoms with Crippen LogP contribution in [-0.4, -0.2) is 11.5 Å². The number of hydrogen-bond acceptors (Lipinski definition) is 5. The number of hydrogen-bond donors (Lipinski definition) is 1. The van der Waals surface area contributed by atoms with Gasteiger partial charge in [-0.25, -0.2) is 13.8 Å². The topological polar surface area (TPSA) is 88.8 Å². The van der Waals surface area contributed by atoms with Gasteiger partial charge in [0.1, 0.15) is 12.4 Å². The first-order valence-corrected chi connectivity index (χ1v) is 14.4. The Morgan fingerprint density at radius 2 is 1.35 bits per heavy atom. The Morgan fingerprint density at radius 3 is 1.85 bits per heavy atom. The van der Waals surface area contributed by atoms with Crippen LogP contribution in [0.15, 0.2) is 18.2 Å². The van der Waals surface area contributed by atoms with E-state index in [2.05, 4.69) is 11.6 Å². The molecule has 1 atom stereocenters. The molecule has 0 heterocycles. The number of halogens is 1. The van der Waals surface area contributed by atoms with Crippen molar-refractivity contribution in [1.82, 2.24) is 0 Å². The number of rotatable bonds is 22. The van der Waals surface area contributed by atoms with Gasteiger partial charge in [0.25, 0.3) is 0 Å². The molecule has 194 valence electrons. The Kier molecular flexibility index (Phi) is 18.0. The van der Waals surface area contributed by atoms with E-state index in [0.29, 0.717) is 12.0 Å². The van der Waals surface area contributed by atoms with Crippen molar-refractivity contribution in [2.45, 2.75) is 116 Å². The standard InChI is InChI=1S/C26H43FNO5P/c1-2-3-4-5-6-7-8-9-10-11-12-13-14-15-16-17-18-32-34(29,30)33-31-23-25-19-24(22-28)20-26(27)21-25/h19-21H,2-18,23H2,1H3,(H,29,30). The fourth-order valence-electron chi connectivity index (χ4n) is 3.81. The molecule has 1 rings (SSSR count). The van der Waals surface area contributed by atoms with Crippen LogP contribution in [0.5, 0.6) is 0 Å². The Balaban J connectivity index is 1.91. The van der Waals surface area contributed by atoms with E-state index in [0.717, 1.165) is 25.0 Å². The van der Waals surface area contributed by atoms with E-state index < -0.39 is 13.6 Å². The maximum Gasteiger partial charge on any atom is 0.499 e. The fraction of sp³-hybridized carbons (Fsp3) is 0.731. The Morgan fingerprint density at radius 1 is 0.853 bits per heavy atom. The van der Waals surface area contributed by atoms with E-state index in [4.69, 9.17) is 14.7 Å². The van der Waals surface area contributed by atoms with Crippen LogP contribution in [0.1, 0.15) is 121 Å². The smallest absolute Gasteiger partial charge is 0.301 e. The van der Waals surface area contributed by atoms with Gasteiger partial charge in [0.15, 0.2) is 0 Å². The second-order valence-electron chi connectivity index (χ2n) is 8.90. The molecule has 1 aromatic rings. The molecule has 0 bridgehead atoms. The SMILES string of the molecule is CCCCCCCCCCCCCCCCCCOP(=O)(O)OOCc1cc(F)cc(C#N)c1. The van der Waals surface area contributed by atoms with Crippen LogP contribution in [0.4, 0.5) is 4.39 Å². The van der Waals surface area contributed by atoms with E-state index >= 15 is 0 Å². The van der Waals surface area contributed by atoms with Gasteiger partial charge in [0.2, 0.25) is 0 Å². The molecule has 0 aliphatic heterocycles. The summed E-state index contributed by atoms with van der Waals surface area (Å²) >= 11 is 0. The molecule has 1 aromatic carbocycles. The second kappa shape index (κ2) is 20.0. The number of nitriles is 1. The Hall–Kier alpha value is -1.29. The molecule has 34 heavy (non-hydrogen) atoms. The maximum atomic E-state index is 13.4. The third-order valence-corrected chi connectivity index (χ3v) is 6.51. The molecule has 8 heteroatoms. The van der Waals surface area contributed by atoms with Crippen molar-refractivity contribution in [3.05, 3.63) is 35.1 Å². The molecule has 0 saturated heterocycles. The summed E-state index contributed by atoms with van der Waals surface area (Å²) in [5.74, 6) is -0.593. The zero-order chi connectivity index (χ0) is 24.9. The van der Waals surface area contributed by atoms with Crippen molar-refractivity contribution in [3.63, 3.8) is 0 Å². The fourth-order valence-corrected chi connectivity index (χ4v) is 4.40. The maximum absolute atomic E-state index is 13.4. The van der Waals surface area contributed by atoms with Crippen molar-refractivity contribution in [2.24, 2.45) is 0 Å². The number of benzene rings is 1. The second-order valence-corrected chi connectivity index (χ2v) is 10.2. The van der Waals surface area contributed by atoms with Gasteiger partial charge in [0.05, 0.1) is 18.2 Å². The summed E-state index contributed by atoms with van der Waals surface area (Å²) in [6, 6.07) is 5.48. The summed E-state index contributed by atoms with van der Waals surface area (Å²) in [5, 5.41) is 8.82. The molecule has 0 fully saturated rings. The molecule has 0 saturated carbocycles. The predicted molar refractivity (Wildman–Crippen MR) is 132 cm³/mol. The van der Waals surface area contributed by atoms with Crippen LogP contribution in [0.25, 0.3) is 0 Å². The average Bonchev–Trinajstić information content (AvgIpc) is 2.80. The zero-order valence-corrected chi connectivity index (χ0v) is 21.7. The van der Waals surface area contributed by atoms with Crippen LogP contribution < -0.4 is 0 Å². The van der Waals surface area contributed by atoms with Crippen molar-refractivity contribution in [3.8, 4) is 6.07 Å². The molecule has 0 aromatic heterocycles. The summed E-state index contributed by atoms with van der Waals surface area (Å²) < 4.78 is 34.5. The predicted octanol–water partition coefficient (Wildman–Crippen LogP) is 8.52. The van der Waals surface area contributed by atoms with Gasteiger partial charge < -0.3 is 4.89 Å². The molecule has 0 spiro atoms. The molecular formula is C26H43FNO5P. The van der Waals surface area contributed by atoms with Crippen LogP contribution in [0, 0.1) is 17.1 Å². The first-order valence-electron chi connectivity index (χ1n) is 12.9. The number of nitrogens with zero attached hydrogens (tertiary/aromatic N) is 1. The van der Waals surface area contributed by atoms with Gasteiger partial charge in [-0.2, -0.15) is 5.26 Å². The van der Waals surface area contributed by atoms with Gasteiger partial charge in [-0.1, -0.05) is 103 Å². The summed E-state index contributed by atoms with van der Waals surface area (Å²) in [6.45, 7) is 2.08. The van der Waals surface area contributed by atoms with Crippen LogP contribution in [0.2, 0.25) is 0 Å². The minimum Gasteiger partial charge on any atom is -0.301 e. The van der Waals surface area contributed by atoms with E-state index in [1.54, 1.807) is 0 Å². The van der Waals surface area contributed by atoms with E-state index in [9.17, 15) is 13.8 Å². The van der Waals surface area contributed by atoms with E-state index in [1.165, 1.54) is 89.5 Å². The van der Waals surface area contributed by atoms with E-state index in [1.807, 2.05) is 6.07 Å². The lowest BCUT2D eigenvalue weighted by atomic mass is 10.0.